The number of fused-ring (bicyclic) bond motifs is 1. The molecule has 3 unspecified atom stereocenters. The van der Waals surface area contributed by atoms with Crippen LogP contribution in [0.2, 0.25) is 0 Å². The molecule has 0 radical (unpaired) electrons. The van der Waals surface area contributed by atoms with E-state index in [0.29, 0.717) is 6.04 Å². The highest BCUT2D eigenvalue weighted by atomic mass is 16.3. The summed E-state index contributed by atoms with van der Waals surface area (Å²) in [6.45, 7) is 0.986. The molecule has 4 heteroatoms. The average molecular weight is 280 g/mol. The van der Waals surface area contributed by atoms with Crippen LogP contribution >= 0.6 is 0 Å². The molecule has 3 fully saturated rings. The summed E-state index contributed by atoms with van der Waals surface area (Å²) < 4.78 is 0. The predicted molar refractivity (Wildman–Crippen MR) is 78.3 cm³/mol. The van der Waals surface area contributed by atoms with Crippen LogP contribution in [0.15, 0.2) is 0 Å². The van der Waals surface area contributed by atoms with Gasteiger partial charge in [-0.05, 0) is 56.3 Å². The first-order valence-electron chi connectivity index (χ1n) is 8.37. The molecule has 0 aromatic heterocycles. The number of aliphatic hydroxyl groups is 1. The lowest BCUT2D eigenvalue weighted by atomic mass is 9.77. The number of rotatable bonds is 5. The Balaban J connectivity index is 1.46. The summed E-state index contributed by atoms with van der Waals surface area (Å²) in [5.74, 6) is 0.982. The minimum absolute atomic E-state index is 0.0132. The van der Waals surface area contributed by atoms with Crippen LogP contribution in [0.4, 0.5) is 0 Å². The lowest BCUT2D eigenvalue weighted by molar-refractivity contribution is -0.124. The zero-order valence-electron chi connectivity index (χ0n) is 12.4. The van der Waals surface area contributed by atoms with Crippen LogP contribution in [-0.2, 0) is 4.79 Å². The van der Waals surface area contributed by atoms with Gasteiger partial charge in [0.25, 0.3) is 0 Å². The summed E-state index contributed by atoms with van der Waals surface area (Å²) in [6.07, 6.45) is 10.6. The molecule has 0 bridgehead atoms. The highest BCUT2D eigenvalue weighted by molar-refractivity contribution is 5.82. The number of piperidine rings is 1. The first kappa shape index (κ1) is 14.3. The fourth-order valence-corrected chi connectivity index (χ4v) is 4.03. The van der Waals surface area contributed by atoms with E-state index in [1.54, 1.807) is 0 Å². The maximum atomic E-state index is 12.3. The molecule has 0 spiro atoms. The smallest absolute Gasteiger partial charge is 0.237 e. The van der Waals surface area contributed by atoms with Crippen LogP contribution in [0.3, 0.4) is 0 Å². The van der Waals surface area contributed by atoms with Crippen molar-refractivity contribution in [3.05, 3.63) is 0 Å². The van der Waals surface area contributed by atoms with Crippen molar-refractivity contribution >= 4 is 5.91 Å². The third kappa shape index (κ3) is 3.17. The second-order valence-corrected chi connectivity index (χ2v) is 7.14. The number of hydrogen-bond donors (Lipinski definition) is 3. The highest BCUT2D eigenvalue weighted by Crippen LogP contribution is 2.47. The Morgan fingerprint density at radius 3 is 2.75 bits per heavy atom. The van der Waals surface area contributed by atoms with Gasteiger partial charge in [0.1, 0.15) is 0 Å². The van der Waals surface area contributed by atoms with E-state index in [0.717, 1.165) is 38.1 Å². The SMILES string of the molecule is O=C(NCC1(CCO)CC1)C1CCC2CCCCC2N1. The molecule has 114 valence electrons. The summed E-state index contributed by atoms with van der Waals surface area (Å²) >= 11 is 0. The van der Waals surface area contributed by atoms with Crippen molar-refractivity contribution in [3.63, 3.8) is 0 Å². The maximum Gasteiger partial charge on any atom is 0.237 e. The van der Waals surface area contributed by atoms with Crippen LogP contribution in [0.1, 0.15) is 57.8 Å². The molecule has 0 aromatic rings. The van der Waals surface area contributed by atoms with Gasteiger partial charge in [0.15, 0.2) is 0 Å². The molecule has 1 amide bonds. The molecule has 1 saturated heterocycles. The number of amides is 1. The van der Waals surface area contributed by atoms with E-state index in [9.17, 15) is 4.79 Å². The molecule has 2 saturated carbocycles. The van der Waals surface area contributed by atoms with Gasteiger partial charge in [0.2, 0.25) is 5.91 Å². The van der Waals surface area contributed by atoms with Crippen LogP contribution in [0.25, 0.3) is 0 Å². The molecule has 1 aliphatic heterocycles. The van der Waals surface area contributed by atoms with Gasteiger partial charge in [0.05, 0.1) is 6.04 Å². The molecule has 3 aliphatic rings. The van der Waals surface area contributed by atoms with Gasteiger partial charge in [-0.15, -0.1) is 0 Å². The van der Waals surface area contributed by atoms with Gasteiger partial charge in [-0.1, -0.05) is 12.8 Å². The van der Waals surface area contributed by atoms with E-state index in [1.807, 2.05) is 0 Å². The highest BCUT2D eigenvalue weighted by Gasteiger charge is 2.42. The topological polar surface area (TPSA) is 61.4 Å². The van der Waals surface area contributed by atoms with Gasteiger partial charge < -0.3 is 15.7 Å². The predicted octanol–water partition coefficient (Wildman–Crippen LogP) is 1.58. The second kappa shape index (κ2) is 6.02. The Bertz CT molecular complexity index is 354. The lowest BCUT2D eigenvalue weighted by Gasteiger charge is -2.40. The molecule has 4 nitrogen and oxygen atoms in total. The third-order valence-corrected chi connectivity index (χ3v) is 5.70. The quantitative estimate of drug-likeness (QED) is 0.716. The zero-order valence-corrected chi connectivity index (χ0v) is 12.4. The first-order chi connectivity index (χ1) is 9.72. The normalized spacial score (nSPS) is 35.1. The van der Waals surface area contributed by atoms with Crippen molar-refractivity contribution in [2.75, 3.05) is 13.2 Å². The Morgan fingerprint density at radius 2 is 2.00 bits per heavy atom. The fourth-order valence-electron chi connectivity index (χ4n) is 4.03. The molecule has 0 aromatic carbocycles. The van der Waals surface area contributed by atoms with Crippen LogP contribution < -0.4 is 10.6 Å². The monoisotopic (exact) mass is 280 g/mol. The fraction of sp³-hybridized carbons (Fsp3) is 0.938. The van der Waals surface area contributed by atoms with E-state index < -0.39 is 0 Å². The standard InChI is InChI=1S/C16H28N2O2/c19-10-9-16(7-8-16)11-17-15(20)14-6-5-12-3-1-2-4-13(12)18-14/h12-14,18-19H,1-11H2,(H,17,20). The number of nitrogens with one attached hydrogen (secondary N) is 2. The summed E-state index contributed by atoms with van der Waals surface area (Å²) in [5.41, 5.74) is 0.215. The number of carbonyl (C=O) groups is 1. The minimum Gasteiger partial charge on any atom is -0.396 e. The Labute approximate surface area is 121 Å². The average Bonchev–Trinajstić information content (AvgIpc) is 3.25. The lowest BCUT2D eigenvalue weighted by Crippen LogP contribution is -2.55. The Morgan fingerprint density at radius 1 is 1.20 bits per heavy atom. The van der Waals surface area contributed by atoms with Crippen LogP contribution in [0.5, 0.6) is 0 Å². The molecule has 2 aliphatic carbocycles. The van der Waals surface area contributed by atoms with E-state index >= 15 is 0 Å². The van der Waals surface area contributed by atoms with Crippen molar-refractivity contribution in [1.82, 2.24) is 10.6 Å². The summed E-state index contributed by atoms with van der Waals surface area (Å²) in [6, 6.07) is 0.583. The molecule has 3 rings (SSSR count). The van der Waals surface area contributed by atoms with Crippen molar-refractivity contribution in [2.45, 2.75) is 69.9 Å². The van der Waals surface area contributed by atoms with E-state index in [-0.39, 0.29) is 24.0 Å². The van der Waals surface area contributed by atoms with Crippen LogP contribution in [0, 0.1) is 11.3 Å². The number of aliphatic hydroxyl groups excluding tert-OH is 1. The van der Waals surface area contributed by atoms with Gasteiger partial charge in [0, 0.05) is 19.2 Å². The van der Waals surface area contributed by atoms with Gasteiger partial charge in [-0.25, -0.2) is 0 Å². The van der Waals surface area contributed by atoms with Gasteiger partial charge in [-0.2, -0.15) is 0 Å². The van der Waals surface area contributed by atoms with E-state index in [1.165, 1.54) is 32.1 Å². The van der Waals surface area contributed by atoms with Crippen molar-refractivity contribution in [3.8, 4) is 0 Å². The molecular weight excluding hydrogens is 252 g/mol. The van der Waals surface area contributed by atoms with Gasteiger partial charge >= 0.3 is 0 Å². The Hall–Kier alpha value is -0.610. The molecule has 1 heterocycles. The van der Waals surface area contributed by atoms with Crippen molar-refractivity contribution in [2.24, 2.45) is 11.3 Å². The van der Waals surface area contributed by atoms with Crippen LogP contribution in [-0.4, -0.2) is 36.2 Å². The zero-order chi connectivity index (χ0) is 14.0. The number of carbonyl (C=O) groups excluding carboxylic acids is 1. The maximum absolute atomic E-state index is 12.3. The second-order valence-electron chi connectivity index (χ2n) is 7.14. The largest absolute Gasteiger partial charge is 0.396 e. The molecular formula is C16H28N2O2. The third-order valence-electron chi connectivity index (χ3n) is 5.70. The first-order valence-corrected chi connectivity index (χ1v) is 8.37. The minimum atomic E-state index is 0.0132. The number of hydrogen-bond acceptors (Lipinski definition) is 3. The van der Waals surface area contributed by atoms with E-state index in [2.05, 4.69) is 10.6 Å². The molecule has 3 atom stereocenters. The summed E-state index contributed by atoms with van der Waals surface area (Å²) in [4.78, 5) is 12.3. The van der Waals surface area contributed by atoms with Gasteiger partial charge in [-0.3, -0.25) is 4.79 Å². The van der Waals surface area contributed by atoms with Crippen molar-refractivity contribution in [1.29, 1.82) is 0 Å². The summed E-state index contributed by atoms with van der Waals surface area (Å²) in [7, 11) is 0. The molecule has 3 N–H and O–H groups in total. The summed E-state index contributed by atoms with van der Waals surface area (Å²) in [5, 5.41) is 15.8. The van der Waals surface area contributed by atoms with Crippen molar-refractivity contribution < 1.29 is 9.90 Å². The molecule has 20 heavy (non-hydrogen) atoms. The van der Waals surface area contributed by atoms with E-state index in [4.69, 9.17) is 5.11 Å². The Kier molecular flexibility index (Phi) is 4.32.